The molecule has 10 heteroatoms. The second-order valence-electron chi connectivity index (χ2n) is 5.09. The topological polar surface area (TPSA) is 118 Å². The highest BCUT2D eigenvalue weighted by atomic mass is 32.2. The van der Waals surface area contributed by atoms with E-state index in [1.165, 1.54) is 38.2 Å². The first-order valence-electron chi connectivity index (χ1n) is 7.15. The van der Waals surface area contributed by atoms with Crippen LogP contribution in [0.4, 0.5) is 0 Å². The molecule has 0 saturated heterocycles. The Balaban J connectivity index is 2.82. The van der Waals surface area contributed by atoms with Crippen LogP contribution in [0.2, 0.25) is 0 Å². The molecule has 0 aromatic heterocycles. The number of likely N-dealkylation sites (N-methyl/N-ethyl adjacent to an activating group) is 1. The van der Waals surface area contributed by atoms with Crippen molar-refractivity contribution >= 4 is 25.8 Å². The molecule has 0 bridgehead atoms. The maximum Gasteiger partial charge on any atom is 0.321 e. The Morgan fingerprint density at radius 3 is 2.21 bits per heavy atom. The third-order valence-corrected chi connectivity index (χ3v) is 7.12. The molecule has 0 radical (unpaired) electrons. The van der Waals surface area contributed by atoms with Crippen LogP contribution >= 0.6 is 0 Å². The standard InChI is InChI=1S/C14H21NO7S2/c1-4-23(18,19)10-9-22-12-5-7-13(8-6-12)24(20,21)15(3)11(2)14(16)17/h5-8,11H,4,9-10H2,1-3H3,(H,16,17). The molecule has 0 aliphatic rings. The summed E-state index contributed by atoms with van der Waals surface area (Å²) in [7, 11) is -5.89. The molecule has 8 nitrogen and oxygen atoms in total. The quantitative estimate of drug-likeness (QED) is 0.667. The van der Waals surface area contributed by atoms with Crippen molar-refractivity contribution in [1.82, 2.24) is 4.31 Å². The Morgan fingerprint density at radius 2 is 1.75 bits per heavy atom. The van der Waals surface area contributed by atoms with Gasteiger partial charge < -0.3 is 9.84 Å². The van der Waals surface area contributed by atoms with E-state index in [0.29, 0.717) is 5.75 Å². The van der Waals surface area contributed by atoms with E-state index in [1.807, 2.05) is 0 Å². The predicted molar refractivity (Wildman–Crippen MR) is 88.3 cm³/mol. The van der Waals surface area contributed by atoms with Gasteiger partial charge in [0, 0.05) is 12.8 Å². The van der Waals surface area contributed by atoms with Crippen LogP contribution in [-0.2, 0) is 24.7 Å². The molecule has 1 atom stereocenters. The van der Waals surface area contributed by atoms with Gasteiger partial charge in [0.25, 0.3) is 0 Å². The number of aliphatic carboxylic acids is 1. The number of carbonyl (C=O) groups is 1. The second-order valence-corrected chi connectivity index (χ2v) is 9.56. The molecule has 1 unspecified atom stereocenters. The predicted octanol–water partition coefficient (Wildman–Crippen LogP) is 0.594. The summed E-state index contributed by atoms with van der Waals surface area (Å²) in [4.78, 5) is 10.8. The molecule has 0 aliphatic carbocycles. The average Bonchev–Trinajstić information content (AvgIpc) is 2.53. The highest BCUT2D eigenvalue weighted by Gasteiger charge is 2.29. The maximum absolute atomic E-state index is 12.3. The monoisotopic (exact) mass is 379 g/mol. The van der Waals surface area contributed by atoms with Crippen molar-refractivity contribution in [3.8, 4) is 5.75 Å². The van der Waals surface area contributed by atoms with Gasteiger partial charge in [0.05, 0.1) is 10.6 Å². The summed E-state index contributed by atoms with van der Waals surface area (Å²) >= 11 is 0. The van der Waals surface area contributed by atoms with E-state index in [0.717, 1.165) is 4.31 Å². The number of hydrogen-bond donors (Lipinski definition) is 1. The molecule has 136 valence electrons. The number of sulfonamides is 1. The lowest BCUT2D eigenvalue weighted by Gasteiger charge is -2.21. The van der Waals surface area contributed by atoms with Gasteiger partial charge in [-0.3, -0.25) is 4.79 Å². The van der Waals surface area contributed by atoms with Crippen LogP contribution in [0.1, 0.15) is 13.8 Å². The van der Waals surface area contributed by atoms with Crippen LogP contribution in [0.5, 0.6) is 5.75 Å². The zero-order valence-electron chi connectivity index (χ0n) is 13.7. The molecular weight excluding hydrogens is 358 g/mol. The summed E-state index contributed by atoms with van der Waals surface area (Å²) in [5, 5.41) is 8.91. The largest absolute Gasteiger partial charge is 0.493 e. The fourth-order valence-corrected chi connectivity index (χ4v) is 3.61. The van der Waals surface area contributed by atoms with Crippen molar-refractivity contribution in [1.29, 1.82) is 0 Å². The van der Waals surface area contributed by atoms with Gasteiger partial charge in [-0.05, 0) is 31.2 Å². The minimum absolute atomic E-state index is 0.0294. The van der Waals surface area contributed by atoms with Crippen LogP contribution in [0.15, 0.2) is 29.2 Å². The Kier molecular flexibility index (Phi) is 6.76. The molecular formula is C14H21NO7S2. The number of sulfone groups is 1. The fourth-order valence-electron chi connectivity index (χ4n) is 1.67. The van der Waals surface area contributed by atoms with Crippen molar-refractivity contribution in [3.05, 3.63) is 24.3 Å². The number of rotatable bonds is 9. The number of carboxylic acid groups (broad SMARTS) is 1. The van der Waals surface area contributed by atoms with Crippen LogP contribution in [-0.4, -0.2) is 63.4 Å². The maximum atomic E-state index is 12.3. The van der Waals surface area contributed by atoms with Crippen LogP contribution in [0.25, 0.3) is 0 Å². The average molecular weight is 379 g/mol. The zero-order valence-corrected chi connectivity index (χ0v) is 15.3. The third kappa shape index (κ3) is 5.18. The molecule has 24 heavy (non-hydrogen) atoms. The van der Waals surface area contributed by atoms with Gasteiger partial charge in [-0.15, -0.1) is 0 Å². The van der Waals surface area contributed by atoms with Crippen LogP contribution in [0, 0.1) is 0 Å². The summed E-state index contributed by atoms with van der Waals surface area (Å²) < 4.78 is 53.4. The minimum Gasteiger partial charge on any atom is -0.493 e. The zero-order chi connectivity index (χ0) is 18.5. The number of ether oxygens (including phenoxy) is 1. The van der Waals surface area contributed by atoms with E-state index < -0.39 is 31.9 Å². The van der Waals surface area contributed by atoms with E-state index in [4.69, 9.17) is 9.84 Å². The Bertz CT molecular complexity index is 770. The van der Waals surface area contributed by atoms with Crippen LogP contribution in [0.3, 0.4) is 0 Å². The van der Waals surface area contributed by atoms with Gasteiger partial charge in [-0.25, -0.2) is 16.8 Å². The number of carboxylic acids is 1. The highest BCUT2D eigenvalue weighted by Crippen LogP contribution is 2.20. The number of hydrogen-bond acceptors (Lipinski definition) is 6. The van der Waals surface area contributed by atoms with E-state index in [1.54, 1.807) is 6.92 Å². The normalized spacial score (nSPS) is 13.7. The highest BCUT2D eigenvalue weighted by molar-refractivity contribution is 7.91. The van der Waals surface area contributed by atoms with Crippen molar-refractivity contribution < 1.29 is 31.5 Å². The molecule has 0 spiro atoms. The van der Waals surface area contributed by atoms with E-state index >= 15 is 0 Å². The van der Waals surface area contributed by atoms with E-state index in [2.05, 4.69) is 0 Å². The van der Waals surface area contributed by atoms with Gasteiger partial charge in [0.15, 0.2) is 9.84 Å². The molecule has 0 heterocycles. The molecule has 1 rings (SSSR count). The van der Waals surface area contributed by atoms with Gasteiger partial charge in [0.1, 0.15) is 18.4 Å². The smallest absolute Gasteiger partial charge is 0.321 e. The summed E-state index contributed by atoms with van der Waals surface area (Å²) in [6.07, 6.45) is 0. The SMILES string of the molecule is CCS(=O)(=O)CCOc1ccc(S(=O)(=O)N(C)C(C)C(=O)O)cc1. The Hall–Kier alpha value is -1.65. The van der Waals surface area contributed by atoms with Gasteiger partial charge in [-0.1, -0.05) is 6.92 Å². The summed E-state index contributed by atoms with van der Waals surface area (Å²) in [5.41, 5.74) is 0. The lowest BCUT2D eigenvalue weighted by Crippen LogP contribution is -2.40. The summed E-state index contributed by atoms with van der Waals surface area (Å²) in [6, 6.07) is 4.15. The Labute approximate surface area is 142 Å². The first kappa shape index (κ1) is 20.4. The van der Waals surface area contributed by atoms with Crippen molar-refractivity contribution in [2.24, 2.45) is 0 Å². The van der Waals surface area contributed by atoms with Gasteiger partial charge in [0.2, 0.25) is 10.0 Å². The first-order valence-corrected chi connectivity index (χ1v) is 10.4. The lowest BCUT2D eigenvalue weighted by atomic mass is 10.3. The Morgan fingerprint density at radius 1 is 1.21 bits per heavy atom. The van der Waals surface area contributed by atoms with Crippen molar-refractivity contribution in [2.45, 2.75) is 24.8 Å². The molecule has 0 aliphatic heterocycles. The lowest BCUT2D eigenvalue weighted by molar-refractivity contribution is -0.140. The van der Waals surface area contributed by atoms with E-state index in [-0.39, 0.29) is 23.0 Å². The molecule has 1 aromatic rings. The third-order valence-electron chi connectivity index (χ3n) is 3.51. The fraction of sp³-hybridized carbons (Fsp3) is 0.500. The number of nitrogens with zero attached hydrogens (tertiary/aromatic N) is 1. The summed E-state index contributed by atoms with van der Waals surface area (Å²) in [6.45, 7) is 2.79. The molecule has 0 saturated carbocycles. The van der Waals surface area contributed by atoms with Gasteiger partial charge >= 0.3 is 5.97 Å². The molecule has 1 N–H and O–H groups in total. The van der Waals surface area contributed by atoms with Crippen LogP contribution < -0.4 is 4.74 Å². The summed E-state index contributed by atoms with van der Waals surface area (Å²) in [5.74, 6) is -1.02. The molecule has 1 aromatic carbocycles. The molecule has 0 amide bonds. The van der Waals surface area contributed by atoms with Gasteiger partial charge in [-0.2, -0.15) is 4.31 Å². The molecule has 0 fully saturated rings. The number of benzene rings is 1. The second kappa shape index (κ2) is 7.95. The first-order chi connectivity index (χ1) is 11.0. The van der Waals surface area contributed by atoms with Crippen molar-refractivity contribution in [2.75, 3.05) is 25.2 Å². The minimum atomic E-state index is -3.95. The van der Waals surface area contributed by atoms with E-state index in [9.17, 15) is 21.6 Å². The van der Waals surface area contributed by atoms with Crippen molar-refractivity contribution in [3.63, 3.8) is 0 Å².